The van der Waals surface area contributed by atoms with E-state index in [1.165, 1.54) is 7.11 Å². The third kappa shape index (κ3) is 2.65. The van der Waals surface area contributed by atoms with Crippen molar-refractivity contribution in [3.05, 3.63) is 29.3 Å². The van der Waals surface area contributed by atoms with E-state index in [0.717, 1.165) is 18.6 Å². The van der Waals surface area contributed by atoms with Crippen LogP contribution < -0.4 is 10.5 Å². The molecule has 2 N–H and O–H groups in total. The molecule has 0 aromatic heterocycles. The van der Waals surface area contributed by atoms with Gasteiger partial charge in [-0.2, -0.15) is 0 Å². The zero-order valence-corrected chi connectivity index (χ0v) is 8.89. The van der Waals surface area contributed by atoms with Gasteiger partial charge in [0.25, 0.3) is 0 Å². The minimum Gasteiger partial charge on any atom is -0.497 e. The van der Waals surface area contributed by atoms with Crippen LogP contribution in [0.3, 0.4) is 0 Å². The number of methoxy groups -OCH3 is 1. The molecule has 0 saturated carbocycles. The summed E-state index contributed by atoms with van der Waals surface area (Å²) in [6.45, 7) is 1.92. The molecule has 0 bridgehead atoms. The minimum absolute atomic E-state index is 0.0577. The lowest BCUT2D eigenvalue weighted by Crippen LogP contribution is -2.14. The zero-order valence-electron chi connectivity index (χ0n) is 8.89. The Labute approximate surface area is 88.0 Å². The van der Waals surface area contributed by atoms with Gasteiger partial charge in [-0.15, -0.1) is 0 Å². The second-order valence-corrected chi connectivity index (χ2v) is 3.40. The molecule has 1 atom stereocenters. The van der Waals surface area contributed by atoms with Crippen molar-refractivity contribution in [3.63, 3.8) is 0 Å². The summed E-state index contributed by atoms with van der Waals surface area (Å²) in [5, 5.41) is 0. The van der Waals surface area contributed by atoms with Crippen LogP contribution in [0.1, 0.15) is 31.4 Å². The molecular weight excluding hydrogens is 200 g/mol. The highest BCUT2D eigenvalue weighted by Crippen LogP contribution is 2.26. The number of rotatable bonds is 4. The summed E-state index contributed by atoms with van der Waals surface area (Å²) >= 11 is 0. The van der Waals surface area contributed by atoms with Crippen LogP contribution >= 0.6 is 0 Å². The van der Waals surface area contributed by atoms with Crippen LogP contribution in [0.2, 0.25) is 0 Å². The molecular formula is C11H15F2NO. The predicted octanol–water partition coefficient (Wildman–Crippen LogP) is 2.77. The Morgan fingerprint density at radius 1 is 1.33 bits per heavy atom. The molecule has 0 amide bonds. The molecule has 0 radical (unpaired) electrons. The minimum atomic E-state index is -0.646. The Hall–Kier alpha value is -1.16. The Morgan fingerprint density at radius 3 is 2.27 bits per heavy atom. The molecule has 1 aromatic carbocycles. The molecule has 1 unspecified atom stereocenters. The van der Waals surface area contributed by atoms with Crippen molar-refractivity contribution in [2.45, 2.75) is 25.8 Å². The van der Waals surface area contributed by atoms with Gasteiger partial charge in [-0.05, 0) is 6.42 Å². The van der Waals surface area contributed by atoms with E-state index in [1.807, 2.05) is 6.92 Å². The summed E-state index contributed by atoms with van der Waals surface area (Å²) in [6.07, 6.45) is 1.34. The van der Waals surface area contributed by atoms with Gasteiger partial charge in [-0.25, -0.2) is 8.78 Å². The van der Waals surface area contributed by atoms with E-state index in [-0.39, 0.29) is 11.3 Å². The molecule has 0 aliphatic heterocycles. The number of hydrogen-bond donors (Lipinski definition) is 1. The average Bonchev–Trinajstić information content (AvgIpc) is 2.16. The summed E-state index contributed by atoms with van der Waals surface area (Å²) in [5.41, 5.74) is 5.62. The first-order valence-corrected chi connectivity index (χ1v) is 4.88. The molecule has 4 heteroatoms. The van der Waals surface area contributed by atoms with E-state index >= 15 is 0 Å². The first-order valence-electron chi connectivity index (χ1n) is 4.88. The Bertz CT molecular complexity index is 318. The van der Waals surface area contributed by atoms with Crippen molar-refractivity contribution in [1.82, 2.24) is 0 Å². The van der Waals surface area contributed by atoms with E-state index in [2.05, 4.69) is 0 Å². The molecule has 0 saturated heterocycles. The summed E-state index contributed by atoms with van der Waals surface area (Å²) in [6, 6.07) is 1.70. The van der Waals surface area contributed by atoms with E-state index in [1.54, 1.807) is 0 Å². The Morgan fingerprint density at radius 2 is 1.87 bits per heavy atom. The first-order chi connectivity index (χ1) is 7.10. The lowest BCUT2D eigenvalue weighted by atomic mass is 10.0. The van der Waals surface area contributed by atoms with Gasteiger partial charge in [-0.1, -0.05) is 13.3 Å². The smallest absolute Gasteiger partial charge is 0.134 e. The van der Waals surface area contributed by atoms with E-state index in [9.17, 15) is 8.78 Å². The fraction of sp³-hybridized carbons (Fsp3) is 0.455. The SMILES string of the molecule is CCCC(N)c1c(F)cc(OC)cc1F. The average molecular weight is 215 g/mol. The number of ether oxygens (including phenoxy) is 1. The fourth-order valence-corrected chi connectivity index (χ4v) is 1.49. The number of hydrogen-bond acceptors (Lipinski definition) is 2. The largest absolute Gasteiger partial charge is 0.497 e. The molecule has 1 aromatic rings. The van der Waals surface area contributed by atoms with Gasteiger partial charge < -0.3 is 10.5 Å². The topological polar surface area (TPSA) is 35.2 Å². The Balaban J connectivity index is 3.07. The molecule has 1 rings (SSSR count). The molecule has 0 spiro atoms. The third-order valence-electron chi connectivity index (χ3n) is 2.26. The van der Waals surface area contributed by atoms with Crippen molar-refractivity contribution in [3.8, 4) is 5.75 Å². The van der Waals surface area contributed by atoms with Crippen molar-refractivity contribution in [1.29, 1.82) is 0 Å². The lowest BCUT2D eigenvalue weighted by molar-refractivity contribution is 0.403. The number of nitrogens with two attached hydrogens (primary N) is 1. The zero-order chi connectivity index (χ0) is 11.4. The van der Waals surface area contributed by atoms with Crippen LogP contribution in [-0.4, -0.2) is 7.11 Å². The maximum Gasteiger partial charge on any atom is 0.134 e. The summed E-state index contributed by atoms with van der Waals surface area (Å²) in [4.78, 5) is 0. The second kappa shape index (κ2) is 5.07. The van der Waals surface area contributed by atoms with Crippen LogP contribution in [0.4, 0.5) is 8.78 Å². The highest BCUT2D eigenvalue weighted by molar-refractivity contribution is 5.32. The molecule has 0 heterocycles. The van der Waals surface area contributed by atoms with Gasteiger partial charge in [-0.3, -0.25) is 0 Å². The molecule has 2 nitrogen and oxygen atoms in total. The summed E-state index contributed by atoms with van der Waals surface area (Å²) in [7, 11) is 1.36. The van der Waals surface area contributed by atoms with Crippen LogP contribution in [0.15, 0.2) is 12.1 Å². The third-order valence-corrected chi connectivity index (χ3v) is 2.26. The molecule has 0 fully saturated rings. The van der Waals surface area contributed by atoms with Crippen LogP contribution in [0.25, 0.3) is 0 Å². The van der Waals surface area contributed by atoms with Crippen molar-refractivity contribution in [2.75, 3.05) is 7.11 Å². The maximum atomic E-state index is 13.5. The number of benzene rings is 1. The Kier molecular flexibility index (Phi) is 4.03. The molecule has 0 aliphatic carbocycles. The quantitative estimate of drug-likeness (QED) is 0.838. The number of halogens is 2. The van der Waals surface area contributed by atoms with Crippen molar-refractivity contribution < 1.29 is 13.5 Å². The van der Waals surface area contributed by atoms with Crippen LogP contribution in [0, 0.1) is 11.6 Å². The van der Waals surface area contributed by atoms with E-state index in [4.69, 9.17) is 10.5 Å². The van der Waals surface area contributed by atoms with Gasteiger partial charge >= 0.3 is 0 Å². The predicted molar refractivity (Wildman–Crippen MR) is 54.7 cm³/mol. The monoisotopic (exact) mass is 215 g/mol. The van der Waals surface area contributed by atoms with Crippen LogP contribution in [-0.2, 0) is 0 Å². The lowest BCUT2D eigenvalue weighted by Gasteiger charge is -2.13. The standard InChI is InChI=1S/C11H15F2NO/c1-3-4-10(14)11-8(12)5-7(15-2)6-9(11)13/h5-6,10H,3-4,14H2,1-2H3. The van der Waals surface area contributed by atoms with Gasteiger partial charge in [0.1, 0.15) is 17.4 Å². The fourth-order valence-electron chi connectivity index (χ4n) is 1.49. The molecule has 84 valence electrons. The molecule has 15 heavy (non-hydrogen) atoms. The molecule has 0 aliphatic rings. The summed E-state index contributed by atoms with van der Waals surface area (Å²) in [5.74, 6) is -1.13. The normalized spacial score (nSPS) is 12.6. The van der Waals surface area contributed by atoms with Gasteiger partial charge in [0, 0.05) is 23.7 Å². The van der Waals surface area contributed by atoms with E-state index in [0.29, 0.717) is 6.42 Å². The van der Waals surface area contributed by atoms with Crippen molar-refractivity contribution in [2.24, 2.45) is 5.73 Å². The highest BCUT2D eigenvalue weighted by Gasteiger charge is 2.17. The van der Waals surface area contributed by atoms with Gasteiger partial charge in [0.15, 0.2) is 0 Å². The van der Waals surface area contributed by atoms with Gasteiger partial charge in [0.05, 0.1) is 7.11 Å². The van der Waals surface area contributed by atoms with Crippen molar-refractivity contribution >= 4 is 0 Å². The summed E-state index contributed by atoms with van der Waals surface area (Å²) < 4.78 is 31.7. The maximum absolute atomic E-state index is 13.5. The van der Waals surface area contributed by atoms with E-state index < -0.39 is 17.7 Å². The second-order valence-electron chi connectivity index (χ2n) is 3.40. The van der Waals surface area contributed by atoms with Crippen LogP contribution in [0.5, 0.6) is 5.75 Å². The van der Waals surface area contributed by atoms with Gasteiger partial charge in [0.2, 0.25) is 0 Å². The highest BCUT2D eigenvalue weighted by atomic mass is 19.1. The first kappa shape index (κ1) is 11.9.